The van der Waals surface area contributed by atoms with Crippen LogP contribution in [-0.4, -0.2) is 9.55 Å². The quantitative estimate of drug-likeness (QED) is 0.224. The molecule has 1 heterocycles. The van der Waals surface area contributed by atoms with Crippen molar-refractivity contribution in [3.8, 4) is 45.4 Å². The minimum atomic E-state index is 0. The van der Waals surface area contributed by atoms with E-state index in [1.54, 1.807) is 18.3 Å². The molecule has 32 heavy (non-hydrogen) atoms. The molecule has 0 saturated carbocycles. The van der Waals surface area contributed by atoms with Crippen LogP contribution < -0.4 is 0 Å². The maximum absolute atomic E-state index is 9.34. The molecule has 0 amide bonds. The van der Waals surface area contributed by atoms with Gasteiger partial charge in [-0.25, -0.2) is 0 Å². The van der Waals surface area contributed by atoms with E-state index in [2.05, 4.69) is 64.2 Å². The van der Waals surface area contributed by atoms with E-state index in [1.807, 2.05) is 48.7 Å². The average molecular weight is 589 g/mol. The summed E-state index contributed by atoms with van der Waals surface area (Å²) in [5, 5.41) is 9.34. The Labute approximate surface area is 201 Å². The first kappa shape index (κ1) is 21.5. The molecule has 1 radical (unpaired) electrons. The Morgan fingerprint density at radius 2 is 1.41 bits per heavy atom. The van der Waals surface area contributed by atoms with Crippen molar-refractivity contribution in [3.05, 3.63) is 121 Å². The van der Waals surface area contributed by atoms with Crippen molar-refractivity contribution >= 4 is 0 Å². The number of hydrogen-bond donors (Lipinski definition) is 0. The van der Waals surface area contributed by atoms with E-state index in [0.717, 1.165) is 39.3 Å². The molecule has 1 aromatic heterocycles. The second-order valence-corrected chi connectivity index (χ2v) is 7.16. The molecule has 0 bridgehead atoms. The van der Waals surface area contributed by atoms with Crippen molar-refractivity contribution in [2.45, 2.75) is 0 Å². The first-order valence-electron chi connectivity index (χ1n) is 10.0. The molecule has 0 aliphatic heterocycles. The van der Waals surface area contributed by atoms with Gasteiger partial charge >= 0.3 is 0 Å². The first-order valence-corrected chi connectivity index (χ1v) is 10.0. The van der Waals surface area contributed by atoms with Gasteiger partial charge in [0.2, 0.25) is 0 Å². The van der Waals surface area contributed by atoms with Crippen molar-refractivity contribution < 1.29 is 20.1 Å². The van der Waals surface area contributed by atoms with Gasteiger partial charge in [0.1, 0.15) is 0 Å². The third-order valence-corrected chi connectivity index (χ3v) is 5.26. The number of aromatic nitrogens is 2. The molecule has 0 spiro atoms. The minimum absolute atomic E-state index is 0. The Kier molecular flexibility index (Phi) is 6.42. The van der Waals surface area contributed by atoms with Crippen molar-refractivity contribution in [1.82, 2.24) is 9.55 Å². The van der Waals surface area contributed by atoms with Crippen LogP contribution in [-0.2, 0) is 20.1 Å². The number of nitrogens with zero attached hydrogens (tertiary/aromatic N) is 3. The maximum atomic E-state index is 9.34. The van der Waals surface area contributed by atoms with Gasteiger partial charge < -0.3 is 4.57 Å². The molecule has 5 aromatic rings. The fraction of sp³-hybridized carbons (Fsp3) is 0. The average Bonchev–Trinajstić information content (AvgIpc) is 3.34. The summed E-state index contributed by atoms with van der Waals surface area (Å²) >= 11 is 0. The van der Waals surface area contributed by atoms with Crippen molar-refractivity contribution in [2.24, 2.45) is 0 Å². The summed E-state index contributed by atoms with van der Waals surface area (Å²) in [6, 6.07) is 37.9. The van der Waals surface area contributed by atoms with Crippen LogP contribution >= 0.6 is 0 Å². The number of benzene rings is 4. The SMILES string of the molecule is N#Cc1cc[c-]c(-c2nccn2-c2c(-c3ccccc3)cccc2-c2ccccc2)c1.[Ir]. The van der Waals surface area contributed by atoms with Crippen LogP contribution in [0.5, 0.6) is 0 Å². The predicted octanol–water partition coefficient (Wildman–Crippen LogP) is 6.54. The van der Waals surface area contributed by atoms with Gasteiger partial charge in [-0.2, -0.15) is 5.26 Å². The van der Waals surface area contributed by atoms with Gasteiger partial charge in [-0.05, 0) is 16.7 Å². The molecule has 0 fully saturated rings. The number of rotatable bonds is 4. The van der Waals surface area contributed by atoms with E-state index in [1.165, 1.54) is 0 Å². The molecule has 0 N–H and O–H groups in total. The van der Waals surface area contributed by atoms with E-state index in [9.17, 15) is 5.26 Å². The van der Waals surface area contributed by atoms with E-state index >= 15 is 0 Å². The van der Waals surface area contributed by atoms with Gasteiger partial charge in [0.25, 0.3) is 0 Å². The van der Waals surface area contributed by atoms with Crippen LogP contribution in [0.1, 0.15) is 5.56 Å². The summed E-state index contributed by atoms with van der Waals surface area (Å²) in [6.07, 6.45) is 3.76. The van der Waals surface area contributed by atoms with Crippen LogP contribution in [0.15, 0.2) is 109 Å². The number of hydrogen-bond acceptors (Lipinski definition) is 2. The molecule has 0 aliphatic rings. The molecule has 0 unspecified atom stereocenters. The third-order valence-electron chi connectivity index (χ3n) is 5.26. The van der Waals surface area contributed by atoms with E-state index in [4.69, 9.17) is 0 Å². The largest absolute Gasteiger partial charge is 0.339 e. The third kappa shape index (κ3) is 4.05. The maximum Gasteiger partial charge on any atom is 0.0789 e. The molecule has 0 aliphatic carbocycles. The van der Waals surface area contributed by atoms with Crippen LogP contribution in [0.4, 0.5) is 0 Å². The van der Waals surface area contributed by atoms with E-state index < -0.39 is 0 Å². The predicted molar refractivity (Wildman–Crippen MR) is 123 cm³/mol. The summed E-state index contributed by atoms with van der Waals surface area (Å²) in [6.45, 7) is 0. The van der Waals surface area contributed by atoms with Gasteiger partial charge in [0, 0.05) is 43.6 Å². The van der Waals surface area contributed by atoms with E-state index in [0.29, 0.717) is 5.56 Å². The number of para-hydroxylation sites is 1. The zero-order chi connectivity index (χ0) is 21.0. The van der Waals surface area contributed by atoms with Crippen LogP contribution in [0.25, 0.3) is 39.3 Å². The van der Waals surface area contributed by atoms with Crippen molar-refractivity contribution in [1.29, 1.82) is 5.26 Å². The summed E-state index contributed by atoms with van der Waals surface area (Å²) in [7, 11) is 0. The topological polar surface area (TPSA) is 41.6 Å². The molecule has 4 aromatic carbocycles. The summed E-state index contributed by atoms with van der Waals surface area (Å²) < 4.78 is 2.09. The number of nitriles is 1. The fourth-order valence-electron chi connectivity index (χ4n) is 3.85. The van der Waals surface area contributed by atoms with E-state index in [-0.39, 0.29) is 20.1 Å². The Morgan fingerprint density at radius 3 is 2.00 bits per heavy atom. The first-order chi connectivity index (χ1) is 15.3. The normalized spacial score (nSPS) is 10.2. The Hall–Kier alpha value is -3.77. The van der Waals surface area contributed by atoms with Gasteiger partial charge in [-0.15, -0.1) is 29.8 Å². The summed E-state index contributed by atoms with van der Waals surface area (Å²) in [4.78, 5) is 4.63. The van der Waals surface area contributed by atoms with Crippen molar-refractivity contribution in [3.63, 3.8) is 0 Å². The molecule has 155 valence electrons. The van der Waals surface area contributed by atoms with Gasteiger partial charge in [-0.1, -0.05) is 78.9 Å². The molecule has 0 atom stereocenters. The van der Waals surface area contributed by atoms with Gasteiger partial charge in [0.15, 0.2) is 0 Å². The molecule has 3 nitrogen and oxygen atoms in total. The Bertz CT molecular complexity index is 1330. The Balaban J connectivity index is 0.00000245. The molecular weight excluding hydrogens is 571 g/mol. The van der Waals surface area contributed by atoms with Crippen LogP contribution in [0.3, 0.4) is 0 Å². The van der Waals surface area contributed by atoms with Gasteiger partial charge in [0.05, 0.1) is 17.6 Å². The minimum Gasteiger partial charge on any atom is -0.339 e. The zero-order valence-electron chi connectivity index (χ0n) is 17.1. The fourth-order valence-corrected chi connectivity index (χ4v) is 3.85. The standard InChI is InChI=1S/C28H18N3.Ir/c29-20-21-9-7-14-24(19-21)28-30-17-18-31(28)27-25(22-10-3-1-4-11-22)15-8-16-26(27)23-12-5-2-6-13-23;/h1-13,15-19H;/q-1;. The molecule has 0 saturated heterocycles. The summed E-state index contributed by atoms with van der Waals surface area (Å²) in [5.41, 5.74) is 6.89. The zero-order valence-corrected chi connectivity index (χ0v) is 19.5. The number of imidazole rings is 1. The molecular formula is C28H18IrN3-. The van der Waals surface area contributed by atoms with Crippen LogP contribution in [0, 0.1) is 17.4 Å². The van der Waals surface area contributed by atoms with Crippen molar-refractivity contribution in [2.75, 3.05) is 0 Å². The Morgan fingerprint density at radius 1 is 0.781 bits per heavy atom. The van der Waals surface area contributed by atoms with Gasteiger partial charge in [-0.3, -0.25) is 4.98 Å². The second kappa shape index (κ2) is 9.58. The molecule has 4 heteroatoms. The smallest absolute Gasteiger partial charge is 0.0789 e. The molecule has 5 rings (SSSR count). The monoisotopic (exact) mass is 589 g/mol. The second-order valence-electron chi connectivity index (χ2n) is 7.16. The van der Waals surface area contributed by atoms with Crippen LogP contribution in [0.2, 0.25) is 0 Å². The summed E-state index contributed by atoms with van der Waals surface area (Å²) in [5.74, 6) is 0.748.